The van der Waals surface area contributed by atoms with E-state index in [9.17, 15) is 4.79 Å². The molecule has 0 unspecified atom stereocenters. The first kappa shape index (κ1) is 18.3. The maximum absolute atomic E-state index is 12.1. The summed E-state index contributed by atoms with van der Waals surface area (Å²) < 4.78 is 6.66. The highest BCUT2D eigenvalue weighted by Crippen LogP contribution is 2.30. The average molecular weight is 438 g/mol. The van der Waals surface area contributed by atoms with Crippen LogP contribution in [-0.4, -0.2) is 26.7 Å². The zero-order valence-electron chi connectivity index (χ0n) is 13.8. The minimum Gasteiger partial charge on any atom is -0.410 e. The van der Waals surface area contributed by atoms with E-state index in [-0.39, 0.29) is 5.78 Å². The second kappa shape index (κ2) is 8.25. The maximum Gasteiger partial charge on any atom is 0.276 e. The first-order valence-electron chi connectivity index (χ1n) is 7.72. The van der Waals surface area contributed by atoms with Crippen LogP contribution in [0.2, 0.25) is 0 Å². The standard InChI is InChI=1S/C17H16BrN3O2S2/c1-10-15(25-11(2)19-10)16-20-21-17(23-16)24-9-3-4-14(22)12-5-7-13(18)8-6-12/h5-8H,3-4,9H2,1-2H3. The maximum atomic E-state index is 12.1. The van der Waals surface area contributed by atoms with Crippen molar-refractivity contribution in [3.8, 4) is 10.8 Å². The Hall–Kier alpha value is -1.51. The number of carbonyl (C=O) groups excluding carboxylic acids is 1. The molecule has 0 radical (unpaired) electrons. The van der Waals surface area contributed by atoms with Gasteiger partial charge in [0, 0.05) is 22.2 Å². The van der Waals surface area contributed by atoms with Gasteiger partial charge in [-0.25, -0.2) is 4.98 Å². The van der Waals surface area contributed by atoms with Crippen molar-refractivity contribution < 1.29 is 9.21 Å². The highest BCUT2D eigenvalue weighted by molar-refractivity contribution is 9.10. The van der Waals surface area contributed by atoms with Gasteiger partial charge < -0.3 is 4.42 Å². The molecule has 3 aromatic rings. The summed E-state index contributed by atoms with van der Waals surface area (Å²) in [6.07, 6.45) is 1.26. The summed E-state index contributed by atoms with van der Waals surface area (Å²) in [6, 6.07) is 7.43. The molecule has 0 atom stereocenters. The van der Waals surface area contributed by atoms with Crippen LogP contribution in [0, 0.1) is 13.8 Å². The highest BCUT2D eigenvalue weighted by Gasteiger charge is 2.15. The fraction of sp³-hybridized carbons (Fsp3) is 0.294. The van der Waals surface area contributed by atoms with Crippen LogP contribution in [0.5, 0.6) is 0 Å². The number of aromatic nitrogens is 3. The number of Topliss-reactive ketones (excluding diaryl/α,β-unsaturated/α-hetero) is 1. The first-order valence-corrected chi connectivity index (χ1v) is 10.3. The van der Waals surface area contributed by atoms with Crippen molar-refractivity contribution in [1.82, 2.24) is 15.2 Å². The third-order valence-electron chi connectivity index (χ3n) is 3.44. The van der Waals surface area contributed by atoms with Gasteiger partial charge in [0.2, 0.25) is 0 Å². The number of rotatable bonds is 7. The SMILES string of the molecule is Cc1nc(C)c(-c2nnc(SCCCC(=O)c3ccc(Br)cc3)o2)s1. The number of thioether (sulfide) groups is 1. The summed E-state index contributed by atoms with van der Waals surface area (Å²) in [5, 5.41) is 9.66. The Kier molecular flexibility index (Phi) is 6.03. The Bertz CT molecular complexity index is 874. The van der Waals surface area contributed by atoms with Gasteiger partial charge in [-0.15, -0.1) is 21.5 Å². The Labute approximate surface area is 162 Å². The predicted octanol–water partition coefficient (Wildman–Crippen LogP) is 5.33. The van der Waals surface area contributed by atoms with Gasteiger partial charge in [-0.1, -0.05) is 39.8 Å². The number of thiazole rings is 1. The molecule has 25 heavy (non-hydrogen) atoms. The molecule has 1 aromatic carbocycles. The third-order valence-corrected chi connectivity index (χ3v) is 5.94. The van der Waals surface area contributed by atoms with Gasteiger partial charge in [0.15, 0.2) is 5.78 Å². The molecule has 2 aromatic heterocycles. The minimum atomic E-state index is 0.148. The summed E-state index contributed by atoms with van der Waals surface area (Å²) >= 11 is 6.39. The second-order valence-corrected chi connectivity index (χ2v) is 8.57. The lowest BCUT2D eigenvalue weighted by Crippen LogP contribution is -1.99. The molecular weight excluding hydrogens is 422 g/mol. The van der Waals surface area contributed by atoms with Gasteiger partial charge in [-0.2, -0.15) is 0 Å². The van der Waals surface area contributed by atoms with Crippen molar-refractivity contribution in [1.29, 1.82) is 0 Å². The predicted molar refractivity (Wildman–Crippen MR) is 103 cm³/mol. The van der Waals surface area contributed by atoms with E-state index < -0.39 is 0 Å². The van der Waals surface area contributed by atoms with Crippen LogP contribution in [0.25, 0.3) is 10.8 Å². The Morgan fingerprint density at radius 3 is 2.68 bits per heavy atom. The van der Waals surface area contributed by atoms with Crippen LogP contribution >= 0.6 is 39.0 Å². The number of hydrogen-bond donors (Lipinski definition) is 0. The number of carbonyl (C=O) groups is 1. The zero-order chi connectivity index (χ0) is 17.8. The average Bonchev–Trinajstić information content (AvgIpc) is 3.18. The number of ketones is 1. The third kappa shape index (κ3) is 4.77. The van der Waals surface area contributed by atoms with Gasteiger partial charge in [0.1, 0.15) is 4.88 Å². The van der Waals surface area contributed by atoms with Crippen LogP contribution in [0.3, 0.4) is 0 Å². The Morgan fingerprint density at radius 2 is 2.00 bits per heavy atom. The summed E-state index contributed by atoms with van der Waals surface area (Å²) in [5.41, 5.74) is 1.65. The van der Waals surface area contributed by atoms with Gasteiger partial charge in [0.05, 0.1) is 10.7 Å². The molecular formula is C17H16BrN3O2S2. The van der Waals surface area contributed by atoms with E-state index in [0.29, 0.717) is 17.5 Å². The topological polar surface area (TPSA) is 68.9 Å². The summed E-state index contributed by atoms with van der Waals surface area (Å²) in [4.78, 5) is 17.4. The van der Waals surface area contributed by atoms with Crippen LogP contribution in [0.4, 0.5) is 0 Å². The van der Waals surface area contributed by atoms with Crippen molar-refractivity contribution in [3.63, 3.8) is 0 Å². The number of aryl methyl sites for hydroxylation is 2. The minimum absolute atomic E-state index is 0.148. The summed E-state index contributed by atoms with van der Waals surface area (Å²) in [5.74, 6) is 1.41. The molecule has 0 fully saturated rings. The first-order chi connectivity index (χ1) is 12.0. The van der Waals surface area contributed by atoms with Crippen LogP contribution in [0.15, 0.2) is 38.4 Å². The lowest BCUT2D eigenvalue weighted by atomic mass is 10.1. The fourth-order valence-electron chi connectivity index (χ4n) is 2.26. The number of hydrogen-bond acceptors (Lipinski definition) is 7. The van der Waals surface area contributed by atoms with Crippen molar-refractivity contribution in [2.75, 3.05) is 5.75 Å². The van der Waals surface area contributed by atoms with Crippen LogP contribution in [-0.2, 0) is 0 Å². The van der Waals surface area contributed by atoms with E-state index in [0.717, 1.165) is 37.8 Å². The van der Waals surface area contributed by atoms with Crippen LogP contribution in [0.1, 0.15) is 33.9 Å². The molecule has 0 aliphatic heterocycles. The summed E-state index contributed by atoms with van der Waals surface area (Å²) in [6.45, 7) is 3.89. The molecule has 0 amide bonds. The highest BCUT2D eigenvalue weighted by atomic mass is 79.9. The Balaban J connectivity index is 1.49. The van der Waals surface area contributed by atoms with E-state index in [4.69, 9.17) is 4.42 Å². The van der Waals surface area contributed by atoms with E-state index in [1.165, 1.54) is 11.8 Å². The normalized spacial score (nSPS) is 11.0. The molecule has 0 aliphatic carbocycles. The second-order valence-electron chi connectivity index (χ2n) is 5.40. The fourth-order valence-corrected chi connectivity index (χ4v) is 4.07. The van der Waals surface area contributed by atoms with Crippen molar-refractivity contribution in [3.05, 3.63) is 45.0 Å². The summed E-state index contributed by atoms with van der Waals surface area (Å²) in [7, 11) is 0. The quantitative estimate of drug-likeness (QED) is 0.282. The van der Waals surface area contributed by atoms with Gasteiger partial charge in [-0.05, 0) is 32.4 Å². The smallest absolute Gasteiger partial charge is 0.276 e. The lowest BCUT2D eigenvalue weighted by molar-refractivity contribution is 0.0982. The molecule has 0 aliphatic rings. The molecule has 130 valence electrons. The van der Waals surface area contributed by atoms with E-state index in [1.54, 1.807) is 11.3 Å². The van der Waals surface area contributed by atoms with E-state index >= 15 is 0 Å². The largest absolute Gasteiger partial charge is 0.410 e. The number of benzene rings is 1. The Morgan fingerprint density at radius 1 is 1.24 bits per heavy atom. The van der Waals surface area contributed by atoms with Gasteiger partial charge in [-0.3, -0.25) is 4.79 Å². The van der Waals surface area contributed by atoms with Crippen molar-refractivity contribution >= 4 is 44.8 Å². The van der Waals surface area contributed by atoms with Gasteiger partial charge in [0.25, 0.3) is 11.1 Å². The molecule has 0 spiro atoms. The van der Waals surface area contributed by atoms with Crippen molar-refractivity contribution in [2.24, 2.45) is 0 Å². The van der Waals surface area contributed by atoms with Crippen LogP contribution < -0.4 is 0 Å². The van der Waals surface area contributed by atoms with Gasteiger partial charge >= 0.3 is 0 Å². The molecule has 5 nitrogen and oxygen atoms in total. The molecule has 2 heterocycles. The molecule has 0 saturated heterocycles. The lowest BCUT2D eigenvalue weighted by Gasteiger charge is -2.00. The molecule has 8 heteroatoms. The van der Waals surface area contributed by atoms with E-state index in [1.807, 2.05) is 38.1 Å². The number of halogens is 1. The van der Waals surface area contributed by atoms with Crippen molar-refractivity contribution in [2.45, 2.75) is 31.9 Å². The molecule has 0 saturated carbocycles. The number of nitrogens with zero attached hydrogens (tertiary/aromatic N) is 3. The molecule has 3 rings (SSSR count). The van der Waals surface area contributed by atoms with E-state index in [2.05, 4.69) is 31.1 Å². The molecule has 0 bridgehead atoms. The molecule has 0 N–H and O–H groups in total. The monoisotopic (exact) mass is 437 g/mol. The zero-order valence-corrected chi connectivity index (χ0v) is 17.0.